The van der Waals surface area contributed by atoms with Crippen LogP contribution in [0, 0.1) is 0 Å². The van der Waals surface area contributed by atoms with Gasteiger partial charge in [0.05, 0.1) is 6.33 Å². The lowest BCUT2D eigenvalue weighted by Gasteiger charge is -2.29. The molecule has 3 aromatic rings. The van der Waals surface area contributed by atoms with E-state index in [1.165, 1.54) is 0 Å². The maximum absolute atomic E-state index is 11.1. The summed E-state index contributed by atoms with van der Waals surface area (Å²) >= 11 is 0. The van der Waals surface area contributed by atoms with Crippen molar-refractivity contribution in [1.82, 2.24) is 9.55 Å². The molecular formula is C19H20N2O2. The highest BCUT2D eigenvalue weighted by molar-refractivity contribution is 5.23. The van der Waals surface area contributed by atoms with E-state index in [0.29, 0.717) is 25.1 Å². The van der Waals surface area contributed by atoms with Crippen LogP contribution in [0.2, 0.25) is 0 Å². The van der Waals surface area contributed by atoms with Gasteiger partial charge in [0.2, 0.25) is 5.79 Å². The second kappa shape index (κ2) is 7.11. The highest BCUT2D eigenvalue weighted by Crippen LogP contribution is 2.24. The van der Waals surface area contributed by atoms with E-state index < -0.39 is 5.79 Å². The van der Waals surface area contributed by atoms with Crippen LogP contribution in [0.25, 0.3) is 0 Å². The fourth-order valence-corrected chi connectivity index (χ4v) is 2.52. The number of hydrogen-bond donors (Lipinski definition) is 1. The smallest absolute Gasteiger partial charge is 0.213 e. The van der Waals surface area contributed by atoms with Crippen LogP contribution in [0.4, 0.5) is 0 Å². The molecule has 1 heterocycles. The number of aryl methyl sites for hydroxylation is 1. The summed E-state index contributed by atoms with van der Waals surface area (Å²) in [6.45, 7) is 0.635. The molecule has 0 saturated heterocycles. The van der Waals surface area contributed by atoms with Crippen molar-refractivity contribution in [3.05, 3.63) is 84.9 Å². The molecule has 1 aromatic heterocycles. The second-order valence-electron chi connectivity index (χ2n) is 5.57. The predicted molar refractivity (Wildman–Crippen MR) is 89.0 cm³/mol. The van der Waals surface area contributed by atoms with Crippen LogP contribution in [0.5, 0.6) is 5.75 Å². The fourth-order valence-electron chi connectivity index (χ4n) is 2.52. The fraction of sp³-hybridized carbons (Fsp3) is 0.211. The lowest BCUT2D eigenvalue weighted by Crippen LogP contribution is -2.39. The van der Waals surface area contributed by atoms with Crippen LogP contribution in [0.1, 0.15) is 12.0 Å². The van der Waals surface area contributed by atoms with Gasteiger partial charge in [-0.15, -0.1) is 0 Å². The first-order valence-electron chi connectivity index (χ1n) is 7.70. The molecule has 4 nitrogen and oxygen atoms in total. The maximum Gasteiger partial charge on any atom is 0.213 e. The summed E-state index contributed by atoms with van der Waals surface area (Å²) in [7, 11) is 0. The molecule has 118 valence electrons. The van der Waals surface area contributed by atoms with Gasteiger partial charge in [0.15, 0.2) is 0 Å². The van der Waals surface area contributed by atoms with Gasteiger partial charge in [0.1, 0.15) is 5.75 Å². The molecule has 0 radical (unpaired) electrons. The Balaban J connectivity index is 1.76. The minimum atomic E-state index is -1.27. The average molecular weight is 308 g/mol. The molecule has 2 aromatic carbocycles. The van der Waals surface area contributed by atoms with Gasteiger partial charge in [-0.3, -0.25) is 0 Å². The SMILES string of the molecule is OC(CCn1ccnc1)(Cc1ccccc1)Oc1ccccc1. The molecule has 0 aliphatic carbocycles. The van der Waals surface area contributed by atoms with Crippen molar-refractivity contribution in [2.75, 3.05) is 0 Å². The Morgan fingerprint density at radius 2 is 1.70 bits per heavy atom. The molecule has 0 amide bonds. The minimum Gasteiger partial charge on any atom is -0.462 e. The van der Waals surface area contributed by atoms with Crippen LogP contribution >= 0.6 is 0 Å². The Kier molecular flexibility index (Phi) is 4.74. The van der Waals surface area contributed by atoms with Crippen molar-refractivity contribution in [2.45, 2.75) is 25.2 Å². The number of aliphatic hydroxyl groups is 1. The number of para-hydroxylation sites is 1. The van der Waals surface area contributed by atoms with Gasteiger partial charge in [-0.2, -0.15) is 0 Å². The Bertz CT molecular complexity index is 655. The first kappa shape index (κ1) is 15.3. The molecule has 1 N–H and O–H groups in total. The second-order valence-corrected chi connectivity index (χ2v) is 5.57. The van der Waals surface area contributed by atoms with Gasteiger partial charge in [-0.1, -0.05) is 48.5 Å². The molecule has 23 heavy (non-hydrogen) atoms. The van der Waals surface area contributed by atoms with Crippen molar-refractivity contribution < 1.29 is 9.84 Å². The average Bonchev–Trinajstić information content (AvgIpc) is 3.08. The lowest BCUT2D eigenvalue weighted by atomic mass is 10.0. The van der Waals surface area contributed by atoms with Gasteiger partial charge in [-0.05, 0) is 17.7 Å². The van der Waals surface area contributed by atoms with Crippen LogP contribution in [-0.2, 0) is 13.0 Å². The summed E-state index contributed by atoms with van der Waals surface area (Å²) in [5.41, 5.74) is 1.04. The molecule has 0 aliphatic heterocycles. The topological polar surface area (TPSA) is 47.3 Å². The summed E-state index contributed by atoms with van der Waals surface area (Å²) in [4.78, 5) is 4.03. The Hall–Kier alpha value is -2.59. The third kappa shape index (κ3) is 4.44. The van der Waals surface area contributed by atoms with E-state index >= 15 is 0 Å². The zero-order valence-corrected chi connectivity index (χ0v) is 12.9. The first-order chi connectivity index (χ1) is 11.2. The zero-order valence-electron chi connectivity index (χ0n) is 12.9. The van der Waals surface area contributed by atoms with Crippen LogP contribution in [0.3, 0.4) is 0 Å². The molecule has 0 fully saturated rings. The summed E-state index contributed by atoms with van der Waals surface area (Å²) in [6.07, 6.45) is 6.25. The van der Waals surface area contributed by atoms with Crippen molar-refractivity contribution in [1.29, 1.82) is 0 Å². The predicted octanol–water partition coefficient (Wildman–Crippen LogP) is 3.28. The summed E-state index contributed by atoms with van der Waals surface area (Å²) in [5.74, 6) is -0.607. The van der Waals surface area contributed by atoms with E-state index in [2.05, 4.69) is 4.98 Å². The van der Waals surface area contributed by atoms with Gasteiger partial charge in [-0.25, -0.2) is 4.98 Å². The molecule has 0 saturated carbocycles. The molecule has 0 aliphatic rings. The Morgan fingerprint density at radius 3 is 2.35 bits per heavy atom. The number of rotatable bonds is 7. The number of ether oxygens (including phenoxy) is 1. The quantitative estimate of drug-likeness (QED) is 0.681. The summed E-state index contributed by atoms with van der Waals surface area (Å²) in [5, 5.41) is 11.1. The van der Waals surface area contributed by atoms with Crippen LogP contribution < -0.4 is 4.74 Å². The molecule has 4 heteroatoms. The summed E-state index contributed by atoms with van der Waals surface area (Å²) < 4.78 is 7.86. The minimum absolute atomic E-state index is 0.428. The normalized spacial score (nSPS) is 13.4. The molecule has 1 atom stereocenters. The number of imidazole rings is 1. The highest BCUT2D eigenvalue weighted by atomic mass is 16.6. The van der Waals surface area contributed by atoms with E-state index in [1.54, 1.807) is 12.5 Å². The first-order valence-corrected chi connectivity index (χ1v) is 7.70. The number of aromatic nitrogens is 2. The van der Waals surface area contributed by atoms with Gasteiger partial charge in [0.25, 0.3) is 0 Å². The molecule has 1 unspecified atom stereocenters. The van der Waals surface area contributed by atoms with Gasteiger partial charge >= 0.3 is 0 Å². The van der Waals surface area contributed by atoms with E-state index in [1.807, 2.05) is 71.4 Å². The van der Waals surface area contributed by atoms with Gasteiger partial charge in [0, 0.05) is 31.8 Å². The van der Waals surface area contributed by atoms with Crippen molar-refractivity contribution in [3.63, 3.8) is 0 Å². The standard InChI is InChI=1S/C19H20N2O2/c22-19(11-13-21-14-12-20-16-21,15-17-7-3-1-4-8-17)23-18-9-5-2-6-10-18/h1-10,12,14,16,22H,11,13,15H2. The molecule has 3 rings (SSSR count). The third-order valence-electron chi connectivity index (χ3n) is 3.69. The van der Waals surface area contributed by atoms with Crippen LogP contribution in [0.15, 0.2) is 79.4 Å². The molecule has 0 spiro atoms. The molecule has 0 bridgehead atoms. The van der Waals surface area contributed by atoms with Crippen molar-refractivity contribution in [2.24, 2.45) is 0 Å². The van der Waals surface area contributed by atoms with E-state index in [-0.39, 0.29) is 0 Å². The van der Waals surface area contributed by atoms with Crippen LogP contribution in [-0.4, -0.2) is 20.4 Å². The van der Waals surface area contributed by atoms with Gasteiger partial charge < -0.3 is 14.4 Å². The Labute approximate surface area is 136 Å². The monoisotopic (exact) mass is 308 g/mol. The zero-order chi connectivity index (χ0) is 16.0. The third-order valence-corrected chi connectivity index (χ3v) is 3.69. The molecular weight excluding hydrogens is 288 g/mol. The van der Waals surface area contributed by atoms with E-state index in [4.69, 9.17) is 4.74 Å². The Morgan fingerprint density at radius 1 is 1.00 bits per heavy atom. The maximum atomic E-state index is 11.1. The highest BCUT2D eigenvalue weighted by Gasteiger charge is 2.29. The summed E-state index contributed by atoms with van der Waals surface area (Å²) in [6, 6.07) is 19.3. The largest absolute Gasteiger partial charge is 0.462 e. The number of benzene rings is 2. The number of nitrogens with zero attached hydrogens (tertiary/aromatic N) is 2. The number of hydrogen-bond acceptors (Lipinski definition) is 3. The lowest BCUT2D eigenvalue weighted by molar-refractivity contribution is -0.143. The van der Waals surface area contributed by atoms with Crippen molar-refractivity contribution in [3.8, 4) is 5.75 Å². The van der Waals surface area contributed by atoms with Crippen molar-refractivity contribution >= 4 is 0 Å². The van der Waals surface area contributed by atoms with E-state index in [0.717, 1.165) is 5.56 Å². The van der Waals surface area contributed by atoms with E-state index in [9.17, 15) is 5.11 Å².